The van der Waals surface area contributed by atoms with E-state index in [-0.39, 0.29) is 17.5 Å². The van der Waals surface area contributed by atoms with Crippen LogP contribution >= 0.6 is 0 Å². The molecule has 2 nitrogen and oxygen atoms in total. The lowest BCUT2D eigenvalue weighted by Gasteiger charge is -2.47. The third-order valence-electron chi connectivity index (χ3n) is 4.54. The van der Waals surface area contributed by atoms with Crippen molar-refractivity contribution < 1.29 is 9.13 Å². The summed E-state index contributed by atoms with van der Waals surface area (Å²) in [4.78, 5) is 0. The molecule has 3 heteroatoms. The highest BCUT2D eigenvalue weighted by Crippen LogP contribution is 2.48. The minimum atomic E-state index is -0.250. The molecule has 0 radical (unpaired) electrons. The Morgan fingerprint density at radius 1 is 1.21 bits per heavy atom. The topological polar surface area (TPSA) is 35.2 Å². The second-order valence-corrected chi connectivity index (χ2v) is 6.63. The van der Waals surface area contributed by atoms with Crippen LogP contribution in [0.4, 0.5) is 4.39 Å². The van der Waals surface area contributed by atoms with E-state index in [1.54, 1.807) is 6.07 Å². The summed E-state index contributed by atoms with van der Waals surface area (Å²) in [7, 11) is 0. The molecule has 1 aromatic carbocycles. The van der Waals surface area contributed by atoms with Gasteiger partial charge < -0.3 is 10.5 Å². The van der Waals surface area contributed by atoms with E-state index in [2.05, 4.69) is 13.8 Å². The first kappa shape index (κ1) is 12.9. The lowest BCUT2D eigenvalue weighted by molar-refractivity contribution is -0.0313. The van der Waals surface area contributed by atoms with Crippen molar-refractivity contribution in [3.8, 4) is 5.75 Å². The summed E-state index contributed by atoms with van der Waals surface area (Å²) in [6.07, 6.45) is 4.15. The van der Waals surface area contributed by atoms with E-state index in [0.29, 0.717) is 17.6 Å². The summed E-state index contributed by atoms with van der Waals surface area (Å²) in [5.74, 6) is 1.69. The fourth-order valence-corrected chi connectivity index (χ4v) is 4.15. The minimum absolute atomic E-state index is 0.0400. The lowest BCUT2D eigenvalue weighted by Crippen LogP contribution is -2.48. The molecule has 1 aromatic rings. The number of rotatable bonds is 0. The van der Waals surface area contributed by atoms with E-state index in [9.17, 15) is 4.39 Å². The van der Waals surface area contributed by atoms with E-state index < -0.39 is 0 Å². The molecule has 104 valence electrons. The Balaban J connectivity index is 1.95. The molecule has 1 saturated carbocycles. The Kier molecular flexibility index (Phi) is 3.05. The fraction of sp³-hybridized carbons (Fsp3) is 0.625. The van der Waals surface area contributed by atoms with Crippen molar-refractivity contribution in [1.29, 1.82) is 0 Å². The summed E-state index contributed by atoms with van der Waals surface area (Å²) < 4.78 is 19.6. The Labute approximate surface area is 114 Å². The highest BCUT2D eigenvalue weighted by molar-refractivity contribution is 5.39. The van der Waals surface area contributed by atoms with E-state index in [1.165, 1.54) is 18.6 Å². The zero-order valence-electron chi connectivity index (χ0n) is 11.7. The Hall–Kier alpha value is -1.09. The van der Waals surface area contributed by atoms with Crippen LogP contribution in [0, 0.1) is 17.7 Å². The normalized spacial score (nSPS) is 37.8. The predicted octanol–water partition coefficient (Wildman–Crippen LogP) is 3.80. The van der Waals surface area contributed by atoms with Crippen LogP contribution in [-0.2, 0) is 0 Å². The van der Waals surface area contributed by atoms with Crippen LogP contribution in [0.2, 0.25) is 0 Å². The molecule has 1 spiro atoms. The van der Waals surface area contributed by atoms with E-state index in [1.807, 2.05) is 0 Å². The Bertz CT molecular complexity index is 478. The number of hydrogen-bond donors (Lipinski definition) is 1. The molecule has 1 aliphatic carbocycles. The van der Waals surface area contributed by atoms with Crippen molar-refractivity contribution >= 4 is 0 Å². The van der Waals surface area contributed by atoms with Gasteiger partial charge in [0.25, 0.3) is 0 Å². The quantitative estimate of drug-likeness (QED) is 0.772. The van der Waals surface area contributed by atoms with Gasteiger partial charge in [0, 0.05) is 24.1 Å². The molecular weight excluding hydrogens is 241 g/mol. The molecule has 1 aliphatic heterocycles. The molecule has 1 heterocycles. The first-order valence-electron chi connectivity index (χ1n) is 7.21. The molecule has 3 atom stereocenters. The fourth-order valence-electron chi connectivity index (χ4n) is 4.15. The number of nitrogens with two attached hydrogens (primary N) is 1. The van der Waals surface area contributed by atoms with Crippen molar-refractivity contribution in [2.75, 3.05) is 0 Å². The van der Waals surface area contributed by atoms with Crippen LogP contribution in [-0.4, -0.2) is 5.60 Å². The van der Waals surface area contributed by atoms with Crippen molar-refractivity contribution in [3.63, 3.8) is 0 Å². The lowest BCUT2D eigenvalue weighted by atomic mass is 9.69. The van der Waals surface area contributed by atoms with Crippen LogP contribution in [0.5, 0.6) is 5.75 Å². The first-order valence-corrected chi connectivity index (χ1v) is 7.21. The van der Waals surface area contributed by atoms with Crippen LogP contribution < -0.4 is 10.5 Å². The largest absolute Gasteiger partial charge is 0.487 e. The Morgan fingerprint density at radius 3 is 2.58 bits per heavy atom. The number of fused-ring (bicyclic) bond motifs is 1. The molecule has 3 rings (SSSR count). The summed E-state index contributed by atoms with van der Waals surface area (Å²) in [6, 6.07) is 4.67. The van der Waals surface area contributed by atoms with Crippen molar-refractivity contribution in [1.82, 2.24) is 0 Å². The minimum Gasteiger partial charge on any atom is -0.487 e. The van der Waals surface area contributed by atoms with Gasteiger partial charge in [-0.1, -0.05) is 19.9 Å². The third-order valence-corrected chi connectivity index (χ3v) is 4.54. The monoisotopic (exact) mass is 263 g/mol. The predicted molar refractivity (Wildman–Crippen MR) is 73.5 cm³/mol. The summed E-state index contributed by atoms with van der Waals surface area (Å²) in [5.41, 5.74) is 7.05. The summed E-state index contributed by atoms with van der Waals surface area (Å²) in [6.45, 7) is 4.54. The van der Waals surface area contributed by atoms with E-state index in [4.69, 9.17) is 10.5 Å². The second kappa shape index (κ2) is 4.48. The van der Waals surface area contributed by atoms with Gasteiger partial charge in [-0.05, 0) is 37.2 Å². The SMILES string of the molecule is CC1CC(C)CC2(C1)C[C@H](N)c1ccc(F)cc1O2. The maximum absolute atomic E-state index is 13.4. The van der Waals surface area contributed by atoms with Gasteiger partial charge in [0.05, 0.1) is 0 Å². The van der Waals surface area contributed by atoms with Gasteiger partial charge in [-0.3, -0.25) is 0 Å². The number of ether oxygens (including phenoxy) is 1. The average Bonchev–Trinajstić information content (AvgIpc) is 2.25. The third kappa shape index (κ3) is 2.36. The summed E-state index contributed by atoms with van der Waals surface area (Å²) in [5, 5.41) is 0. The van der Waals surface area contributed by atoms with Crippen LogP contribution in [0.15, 0.2) is 18.2 Å². The number of hydrogen-bond acceptors (Lipinski definition) is 2. The molecule has 2 N–H and O–H groups in total. The molecule has 1 fully saturated rings. The van der Waals surface area contributed by atoms with Crippen molar-refractivity contribution in [2.24, 2.45) is 17.6 Å². The highest BCUT2D eigenvalue weighted by Gasteiger charge is 2.44. The van der Waals surface area contributed by atoms with Crippen LogP contribution in [0.1, 0.15) is 51.1 Å². The Morgan fingerprint density at radius 2 is 1.89 bits per heavy atom. The van der Waals surface area contributed by atoms with Gasteiger partial charge in [-0.15, -0.1) is 0 Å². The van der Waals surface area contributed by atoms with Gasteiger partial charge in [-0.25, -0.2) is 4.39 Å². The van der Waals surface area contributed by atoms with Gasteiger partial charge in [0.15, 0.2) is 0 Å². The molecule has 0 saturated heterocycles. The van der Waals surface area contributed by atoms with Gasteiger partial charge in [0.2, 0.25) is 0 Å². The molecule has 2 aliphatic rings. The van der Waals surface area contributed by atoms with Gasteiger partial charge in [-0.2, -0.15) is 0 Å². The molecule has 0 aromatic heterocycles. The molecule has 0 bridgehead atoms. The summed E-state index contributed by atoms with van der Waals surface area (Å²) >= 11 is 0. The van der Waals surface area contributed by atoms with E-state index >= 15 is 0 Å². The van der Waals surface area contributed by atoms with E-state index in [0.717, 1.165) is 24.8 Å². The molecule has 2 unspecified atom stereocenters. The highest BCUT2D eigenvalue weighted by atomic mass is 19.1. The second-order valence-electron chi connectivity index (χ2n) is 6.63. The maximum atomic E-state index is 13.4. The van der Waals surface area contributed by atoms with Crippen molar-refractivity contribution in [3.05, 3.63) is 29.6 Å². The molecule has 19 heavy (non-hydrogen) atoms. The molecular formula is C16H22FNO. The number of benzene rings is 1. The van der Waals surface area contributed by atoms with Gasteiger partial charge in [0.1, 0.15) is 17.2 Å². The molecule has 0 amide bonds. The standard InChI is InChI=1S/C16H22FNO/c1-10-5-11(2)8-16(7-10)9-14(18)13-4-3-12(17)6-15(13)19-16/h3-4,6,10-11,14H,5,7-9,18H2,1-2H3/t10?,11?,14-,16?/m0/s1. The maximum Gasteiger partial charge on any atom is 0.127 e. The first-order chi connectivity index (χ1) is 8.97. The van der Waals surface area contributed by atoms with Gasteiger partial charge >= 0.3 is 0 Å². The van der Waals surface area contributed by atoms with Crippen molar-refractivity contribution in [2.45, 2.75) is 51.2 Å². The zero-order valence-corrected chi connectivity index (χ0v) is 11.7. The zero-order chi connectivity index (χ0) is 13.6. The smallest absolute Gasteiger partial charge is 0.127 e. The average molecular weight is 263 g/mol. The van der Waals surface area contributed by atoms with Crippen LogP contribution in [0.3, 0.4) is 0 Å². The number of halogens is 1. The van der Waals surface area contributed by atoms with Crippen LogP contribution in [0.25, 0.3) is 0 Å².